The van der Waals surface area contributed by atoms with Crippen molar-refractivity contribution >= 4 is 21.6 Å². The van der Waals surface area contributed by atoms with Gasteiger partial charge in [0, 0.05) is 22.7 Å². The molecule has 84 valence electrons. The largest absolute Gasteiger partial charge is 0.381 e. The van der Waals surface area contributed by atoms with E-state index in [-0.39, 0.29) is 0 Å². The average molecular weight is 271 g/mol. The number of benzene rings is 1. The lowest BCUT2D eigenvalue weighted by atomic mass is 10.0. The van der Waals surface area contributed by atoms with Crippen molar-refractivity contribution in [2.75, 3.05) is 11.9 Å². The molecule has 0 saturated heterocycles. The Bertz CT molecular complexity index is 323. The summed E-state index contributed by atoms with van der Waals surface area (Å²) in [5.74, 6) is 0.540. The van der Waals surface area contributed by atoms with Crippen molar-refractivity contribution < 1.29 is 0 Å². The van der Waals surface area contributed by atoms with Crippen LogP contribution in [0, 0.1) is 12.8 Å². The Kier molecular flexibility index (Phi) is 4.61. The van der Waals surface area contributed by atoms with Crippen molar-refractivity contribution in [2.45, 2.75) is 26.8 Å². The molecule has 0 aliphatic carbocycles. The predicted octanol–water partition coefficient (Wildman–Crippen LogP) is 3.15. The van der Waals surface area contributed by atoms with Crippen LogP contribution >= 0.6 is 15.9 Å². The summed E-state index contributed by atoms with van der Waals surface area (Å²) < 4.78 is 1.11. The molecule has 0 saturated carbocycles. The minimum absolute atomic E-state index is 0.338. The molecule has 3 N–H and O–H groups in total. The molecule has 0 aliphatic rings. The number of aryl methyl sites for hydroxylation is 1. The first kappa shape index (κ1) is 12.5. The maximum absolute atomic E-state index is 5.73. The summed E-state index contributed by atoms with van der Waals surface area (Å²) in [6, 6.07) is 6.58. The molecule has 1 atom stereocenters. The van der Waals surface area contributed by atoms with E-state index in [1.54, 1.807) is 0 Å². The van der Waals surface area contributed by atoms with Gasteiger partial charge in [0.25, 0.3) is 0 Å². The molecule has 0 amide bonds. The van der Waals surface area contributed by atoms with Gasteiger partial charge in [-0.2, -0.15) is 0 Å². The van der Waals surface area contributed by atoms with Crippen LogP contribution in [0.15, 0.2) is 22.7 Å². The van der Waals surface area contributed by atoms with Crippen LogP contribution in [0.25, 0.3) is 0 Å². The molecule has 0 spiro atoms. The Morgan fingerprint density at radius 2 is 2.07 bits per heavy atom. The van der Waals surface area contributed by atoms with Crippen LogP contribution < -0.4 is 11.1 Å². The molecule has 1 aromatic carbocycles. The second kappa shape index (κ2) is 5.52. The van der Waals surface area contributed by atoms with Gasteiger partial charge in [-0.15, -0.1) is 0 Å². The van der Waals surface area contributed by atoms with Crippen LogP contribution in [0.2, 0.25) is 0 Å². The highest BCUT2D eigenvalue weighted by molar-refractivity contribution is 9.10. The number of nitrogens with two attached hydrogens (primary N) is 1. The summed E-state index contributed by atoms with van der Waals surface area (Å²) in [5, 5.41) is 3.48. The lowest BCUT2D eigenvalue weighted by molar-refractivity contribution is 0.531. The minimum Gasteiger partial charge on any atom is -0.381 e. The fourth-order valence-electron chi connectivity index (χ4n) is 1.49. The van der Waals surface area contributed by atoms with Gasteiger partial charge in [-0.25, -0.2) is 0 Å². The highest BCUT2D eigenvalue weighted by Crippen LogP contribution is 2.21. The van der Waals surface area contributed by atoms with Gasteiger partial charge in [-0.1, -0.05) is 29.8 Å². The van der Waals surface area contributed by atoms with E-state index in [9.17, 15) is 0 Å². The summed E-state index contributed by atoms with van der Waals surface area (Å²) in [6.45, 7) is 7.12. The Balaban J connectivity index is 2.79. The van der Waals surface area contributed by atoms with E-state index in [0.29, 0.717) is 18.5 Å². The van der Waals surface area contributed by atoms with E-state index in [2.05, 4.69) is 54.2 Å². The summed E-state index contributed by atoms with van der Waals surface area (Å²) in [4.78, 5) is 0. The first-order chi connectivity index (χ1) is 7.04. The number of hydrogen-bond acceptors (Lipinski definition) is 2. The maximum atomic E-state index is 5.73. The van der Waals surface area contributed by atoms with Gasteiger partial charge < -0.3 is 11.1 Å². The molecular weight excluding hydrogens is 252 g/mol. The number of nitrogens with one attached hydrogen (secondary N) is 1. The van der Waals surface area contributed by atoms with Crippen molar-refractivity contribution in [1.82, 2.24) is 0 Å². The summed E-state index contributed by atoms with van der Waals surface area (Å²) in [5.41, 5.74) is 8.14. The van der Waals surface area contributed by atoms with Gasteiger partial charge >= 0.3 is 0 Å². The highest BCUT2D eigenvalue weighted by atomic mass is 79.9. The zero-order valence-corrected chi connectivity index (χ0v) is 11.1. The summed E-state index contributed by atoms with van der Waals surface area (Å²) in [7, 11) is 0. The van der Waals surface area contributed by atoms with E-state index in [0.717, 1.165) is 4.47 Å². The molecule has 2 nitrogen and oxygen atoms in total. The zero-order valence-electron chi connectivity index (χ0n) is 9.55. The lowest BCUT2D eigenvalue weighted by Gasteiger charge is -2.23. The van der Waals surface area contributed by atoms with Crippen molar-refractivity contribution in [3.63, 3.8) is 0 Å². The Labute approximate surface area is 100 Å². The first-order valence-corrected chi connectivity index (χ1v) is 6.06. The molecule has 0 bridgehead atoms. The third-order valence-electron chi connectivity index (χ3n) is 2.59. The van der Waals surface area contributed by atoms with Gasteiger partial charge in [0.05, 0.1) is 0 Å². The molecule has 0 heterocycles. The maximum Gasteiger partial charge on any atom is 0.0406 e. The van der Waals surface area contributed by atoms with Crippen molar-refractivity contribution in [1.29, 1.82) is 0 Å². The van der Waals surface area contributed by atoms with E-state index in [1.165, 1.54) is 11.3 Å². The van der Waals surface area contributed by atoms with Gasteiger partial charge in [0.15, 0.2) is 0 Å². The van der Waals surface area contributed by atoms with Crippen LogP contribution in [0.3, 0.4) is 0 Å². The fraction of sp³-hybridized carbons (Fsp3) is 0.500. The molecule has 1 aromatic rings. The normalized spacial score (nSPS) is 12.9. The molecule has 15 heavy (non-hydrogen) atoms. The second-order valence-electron chi connectivity index (χ2n) is 4.19. The molecule has 3 heteroatoms. The van der Waals surface area contributed by atoms with Crippen LogP contribution in [0.1, 0.15) is 19.4 Å². The molecular formula is C12H19BrN2. The monoisotopic (exact) mass is 270 g/mol. The number of hydrogen-bond donors (Lipinski definition) is 2. The second-order valence-corrected chi connectivity index (χ2v) is 5.11. The van der Waals surface area contributed by atoms with Crippen LogP contribution in [0.5, 0.6) is 0 Å². The first-order valence-electron chi connectivity index (χ1n) is 5.27. The lowest BCUT2D eigenvalue weighted by Crippen LogP contribution is -2.33. The van der Waals surface area contributed by atoms with Gasteiger partial charge in [0.1, 0.15) is 0 Å². The predicted molar refractivity (Wildman–Crippen MR) is 70.2 cm³/mol. The Hall–Kier alpha value is -0.540. The Morgan fingerprint density at radius 3 is 2.53 bits per heavy atom. The third-order valence-corrected chi connectivity index (χ3v) is 3.08. The SMILES string of the molecule is Cc1cc(Br)ccc1NC(CN)C(C)C. The quantitative estimate of drug-likeness (QED) is 0.882. The van der Waals surface area contributed by atoms with Crippen LogP contribution in [-0.4, -0.2) is 12.6 Å². The molecule has 0 aliphatic heterocycles. The van der Waals surface area contributed by atoms with Gasteiger partial charge in [0.2, 0.25) is 0 Å². The van der Waals surface area contributed by atoms with E-state index < -0.39 is 0 Å². The number of halogens is 1. The number of anilines is 1. The number of rotatable bonds is 4. The van der Waals surface area contributed by atoms with Gasteiger partial charge in [-0.05, 0) is 36.6 Å². The standard InChI is InChI=1S/C12H19BrN2/c1-8(2)12(7-14)15-11-5-4-10(13)6-9(11)3/h4-6,8,12,15H,7,14H2,1-3H3. The van der Waals surface area contributed by atoms with Gasteiger partial charge in [-0.3, -0.25) is 0 Å². The fourth-order valence-corrected chi connectivity index (χ4v) is 1.96. The van der Waals surface area contributed by atoms with E-state index in [4.69, 9.17) is 5.73 Å². The minimum atomic E-state index is 0.338. The summed E-state index contributed by atoms with van der Waals surface area (Å²) >= 11 is 3.46. The molecule has 0 aromatic heterocycles. The van der Waals surface area contributed by atoms with Crippen molar-refractivity contribution in [3.05, 3.63) is 28.2 Å². The molecule has 1 unspecified atom stereocenters. The van der Waals surface area contributed by atoms with Crippen LogP contribution in [-0.2, 0) is 0 Å². The topological polar surface area (TPSA) is 38.0 Å². The average Bonchev–Trinajstić information content (AvgIpc) is 2.16. The zero-order chi connectivity index (χ0) is 11.4. The van der Waals surface area contributed by atoms with E-state index in [1.807, 2.05) is 6.07 Å². The summed E-state index contributed by atoms with van der Waals surface area (Å²) in [6.07, 6.45) is 0. The highest BCUT2D eigenvalue weighted by Gasteiger charge is 2.11. The van der Waals surface area contributed by atoms with Crippen molar-refractivity contribution in [2.24, 2.45) is 11.7 Å². The molecule has 0 radical (unpaired) electrons. The molecule has 1 rings (SSSR count). The van der Waals surface area contributed by atoms with Crippen LogP contribution in [0.4, 0.5) is 5.69 Å². The van der Waals surface area contributed by atoms with Crippen molar-refractivity contribution in [3.8, 4) is 0 Å². The molecule has 0 fully saturated rings. The Morgan fingerprint density at radius 1 is 1.40 bits per heavy atom. The van der Waals surface area contributed by atoms with E-state index >= 15 is 0 Å². The smallest absolute Gasteiger partial charge is 0.0406 e. The third kappa shape index (κ3) is 3.50.